The van der Waals surface area contributed by atoms with Crippen molar-refractivity contribution >= 4 is 21.7 Å². The fourth-order valence-electron chi connectivity index (χ4n) is 1.34. The fourth-order valence-corrected chi connectivity index (χ4v) is 2.39. The summed E-state index contributed by atoms with van der Waals surface area (Å²) in [6, 6.07) is 6.44. The molecule has 0 bridgehead atoms. The van der Waals surface area contributed by atoms with Crippen LogP contribution in [0.3, 0.4) is 0 Å². The maximum atomic E-state index is 11.8. The zero-order valence-electron chi connectivity index (χ0n) is 9.62. The van der Waals surface area contributed by atoms with E-state index in [0.29, 0.717) is 17.1 Å². The molecule has 0 unspecified atom stereocenters. The van der Waals surface area contributed by atoms with Gasteiger partial charge in [-0.15, -0.1) is 5.10 Å². The molecule has 1 heterocycles. The van der Waals surface area contributed by atoms with Crippen molar-refractivity contribution in [3.8, 4) is 0 Å². The molecule has 0 saturated carbocycles. The Balaban J connectivity index is 2.10. The van der Waals surface area contributed by atoms with Gasteiger partial charge in [0.05, 0.1) is 5.75 Å². The lowest BCUT2D eigenvalue weighted by Gasteiger charge is -2.04. The van der Waals surface area contributed by atoms with Crippen molar-refractivity contribution in [1.82, 2.24) is 10.2 Å². The van der Waals surface area contributed by atoms with Crippen LogP contribution in [0.4, 0.5) is 11.7 Å². The van der Waals surface area contributed by atoms with Crippen LogP contribution in [0.5, 0.6) is 0 Å². The summed E-state index contributed by atoms with van der Waals surface area (Å²) in [5.41, 5.74) is 6.72. The van der Waals surface area contributed by atoms with Gasteiger partial charge in [-0.05, 0) is 17.7 Å². The Bertz CT molecular complexity index is 633. The molecule has 0 aliphatic rings. The molecule has 96 valence electrons. The maximum Gasteiger partial charge on any atom is 0.329 e. The Labute approximate surface area is 104 Å². The van der Waals surface area contributed by atoms with Gasteiger partial charge >= 0.3 is 6.01 Å². The quantitative estimate of drug-likeness (QED) is 0.797. The van der Waals surface area contributed by atoms with E-state index in [4.69, 9.17) is 10.2 Å². The summed E-state index contributed by atoms with van der Waals surface area (Å²) < 4.78 is 30.7. The minimum atomic E-state index is -3.57. The van der Waals surface area contributed by atoms with Gasteiger partial charge in [-0.25, -0.2) is 13.1 Å². The van der Waals surface area contributed by atoms with Crippen LogP contribution in [-0.4, -0.2) is 18.6 Å². The maximum absolute atomic E-state index is 11.8. The summed E-state index contributed by atoms with van der Waals surface area (Å²) in [5, 5.41) is 7.09. The number of anilines is 2. The molecule has 0 aliphatic carbocycles. The molecule has 0 spiro atoms. The van der Waals surface area contributed by atoms with Gasteiger partial charge in [-0.3, -0.25) is 0 Å². The van der Waals surface area contributed by atoms with Crippen LogP contribution >= 0.6 is 0 Å². The van der Waals surface area contributed by atoms with E-state index in [1.54, 1.807) is 31.2 Å². The summed E-state index contributed by atoms with van der Waals surface area (Å²) in [6.07, 6.45) is 0. The number of rotatable bonds is 4. The van der Waals surface area contributed by atoms with Crippen LogP contribution in [0.1, 0.15) is 11.5 Å². The van der Waals surface area contributed by atoms with E-state index in [1.807, 2.05) is 0 Å². The molecule has 7 nitrogen and oxygen atoms in total. The first kappa shape index (κ1) is 12.4. The molecule has 0 radical (unpaired) electrons. The molecule has 0 atom stereocenters. The van der Waals surface area contributed by atoms with Crippen molar-refractivity contribution in [2.24, 2.45) is 0 Å². The SMILES string of the molecule is Cc1nnc(NS(=O)(=O)Cc2ccc(N)cc2)o1. The van der Waals surface area contributed by atoms with Gasteiger partial charge in [0.1, 0.15) is 0 Å². The minimum absolute atomic E-state index is 0.136. The molecule has 0 fully saturated rings. The molecule has 0 aliphatic heterocycles. The third-order valence-electron chi connectivity index (χ3n) is 2.11. The first-order valence-electron chi connectivity index (χ1n) is 5.10. The molecule has 0 saturated heterocycles. The highest BCUT2D eigenvalue weighted by Gasteiger charge is 2.15. The van der Waals surface area contributed by atoms with Crippen molar-refractivity contribution in [2.45, 2.75) is 12.7 Å². The topological polar surface area (TPSA) is 111 Å². The lowest BCUT2D eigenvalue weighted by molar-refractivity contribution is 0.534. The fraction of sp³-hybridized carbons (Fsp3) is 0.200. The normalized spacial score (nSPS) is 11.4. The first-order valence-corrected chi connectivity index (χ1v) is 6.75. The molecule has 1 aromatic heterocycles. The zero-order valence-corrected chi connectivity index (χ0v) is 10.4. The van der Waals surface area contributed by atoms with Crippen LogP contribution in [0.25, 0.3) is 0 Å². The Morgan fingerprint density at radius 3 is 2.50 bits per heavy atom. The third kappa shape index (κ3) is 3.20. The molecule has 3 N–H and O–H groups in total. The number of hydrogen-bond acceptors (Lipinski definition) is 6. The van der Waals surface area contributed by atoms with Gasteiger partial charge in [0.2, 0.25) is 15.9 Å². The van der Waals surface area contributed by atoms with E-state index >= 15 is 0 Å². The number of sulfonamides is 1. The largest absolute Gasteiger partial charge is 0.408 e. The monoisotopic (exact) mass is 268 g/mol. The zero-order chi connectivity index (χ0) is 13.2. The molecular weight excluding hydrogens is 256 g/mol. The van der Waals surface area contributed by atoms with Crippen LogP contribution in [-0.2, 0) is 15.8 Å². The van der Waals surface area contributed by atoms with E-state index in [1.165, 1.54) is 0 Å². The molecule has 2 rings (SSSR count). The number of aromatic nitrogens is 2. The van der Waals surface area contributed by atoms with Crippen molar-refractivity contribution in [1.29, 1.82) is 0 Å². The summed E-state index contributed by atoms with van der Waals surface area (Å²) >= 11 is 0. The van der Waals surface area contributed by atoms with E-state index in [9.17, 15) is 8.42 Å². The lowest BCUT2D eigenvalue weighted by atomic mass is 10.2. The number of aryl methyl sites for hydroxylation is 1. The lowest BCUT2D eigenvalue weighted by Crippen LogP contribution is -2.15. The Morgan fingerprint density at radius 1 is 1.28 bits per heavy atom. The number of hydrogen-bond donors (Lipinski definition) is 2. The molecule has 0 amide bonds. The summed E-state index contributed by atoms with van der Waals surface area (Å²) in [6.45, 7) is 1.57. The summed E-state index contributed by atoms with van der Waals surface area (Å²) in [5.74, 6) is 0.106. The molecule has 2 aromatic rings. The highest BCUT2D eigenvalue weighted by molar-refractivity contribution is 7.91. The van der Waals surface area contributed by atoms with E-state index in [-0.39, 0.29) is 11.8 Å². The molecule has 8 heteroatoms. The molecular formula is C10H12N4O3S. The van der Waals surface area contributed by atoms with Gasteiger partial charge in [0, 0.05) is 12.6 Å². The second-order valence-corrected chi connectivity index (χ2v) is 5.45. The predicted molar refractivity (Wildman–Crippen MR) is 66.1 cm³/mol. The second kappa shape index (κ2) is 4.65. The van der Waals surface area contributed by atoms with Gasteiger partial charge in [0.25, 0.3) is 0 Å². The van der Waals surface area contributed by atoms with E-state index in [2.05, 4.69) is 14.9 Å². The average molecular weight is 268 g/mol. The Kier molecular flexibility index (Phi) is 3.19. The minimum Gasteiger partial charge on any atom is -0.408 e. The Hall–Kier alpha value is -2.09. The number of nitrogen functional groups attached to an aromatic ring is 1. The van der Waals surface area contributed by atoms with Gasteiger partial charge in [0.15, 0.2) is 0 Å². The highest BCUT2D eigenvalue weighted by Crippen LogP contribution is 2.12. The predicted octanol–water partition coefficient (Wildman–Crippen LogP) is 0.902. The van der Waals surface area contributed by atoms with Crippen molar-refractivity contribution in [2.75, 3.05) is 10.5 Å². The van der Waals surface area contributed by atoms with Crippen molar-refractivity contribution < 1.29 is 12.8 Å². The smallest absolute Gasteiger partial charge is 0.329 e. The second-order valence-electron chi connectivity index (χ2n) is 3.73. The number of nitrogens with one attached hydrogen (secondary N) is 1. The van der Waals surface area contributed by atoms with Crippen LogP contribution in [0.15, 0.2) is 28.7 Å². The standard InChI is InChI=1S/C10H12N4O3S/c1-7-12-13-10(17-7)14-18(15,16)6-8-2-4-9(11)5-3-8/h2-5H,6,11H2,1H3,(H,13,14). The van der Waals surface area contributed by atoms with Crippen LogP contribution in [0.2, 0.25) is 0 Å². The average Bonchev–Trinajstić information content (AvgIpc) is 2.66. The van der Waals surface area contributed by atoms with Gasteiger partial charge in [-0.1, -0.05) is 17.2 Å². The third-order valence-corrected chi connectivity index (χ3v) is 3.30. The summed E-state index contributed by atoms with van der Waals surface area (Å²) in [7, 11) is -3.57. The highest BCUT2D eigenvalue weighted by atomic mass is 32.2. The number of benzene rings is 1. The summed E-state index contributed by atoms with van der Waals surface area (Å²) in [4.78, 5) is 0. The number of nitrogens with zero attached hydrogens (tertiary/aromatic N) is 2. The van der Waals surface area contributed by atoms with E-state index < -0.39 is 10.0 Å². The first-order chi connectivity index (χ1) is 8.44. The molecule has 18 heavy (non-hydrogen) atoms. The van der Waals surface area contributed by atoms with Gasteiger partial charge < -0.3 is 10.2 Å². The molecule has 1 aromatic carbocycles. The van der Waals surface area contributed by atoms with E-state index in [0.717, 1.165) is 0 Å². The van der Waals surface area contributed by atoms with Crippen LogP contribution < -0.4 is 10.5 Å². The van der Waals surface area contributed by atoms with Crippen molar-refractivity contribution in [3.05, 3.63) is 35.7 Å². The van der Waals surface area contributed by atoms with Crippen molar-refractivity contribution in [3.63, 3.8) is 0 Å². The van der Waals surface area contributed by atoms with Crippen LogP contribution in [0, 0.1) is 6.92 Å². The number of nitrogens with two attached hydrogens (primary N) is 1. The van der Waals surface area contributed by atoms with Gasteiger partial charge in [-0.2, -0.15) is 0 Å². The Morgan fingerprint density at radius 2 is 1.94 bits per heavy atom.